The SMILES string of the molecule is Cc1ccc(S(=O)(=O)Nc2cc(C(=O)NCc3cccc(CN4CCCCC4)c3)ccc2C)cc1. The third-order valence-electron chi connectivity index (χ3n) is 6.37. The van der Waals surface area contributed by atoms with E-state index in [0.717, 1.165) is 36.3 Å². The lowest BCUT2D eigenvalue weighted by atomic mass is 10.1. The summed E-state index contributed by atoms with van der Waals surface area (Å²) in [5, 5.41) is 2.96. The Kier molecular flexibility index (Phi) is 7.88. The van der Waals surface area contributed by atoms with Gasteiger partial charge in [0.25, 0.3) is 15.9 Å². The minimum absolute atomic E-state index is 0.182. The van der Waals surface area contributed by atoms with E-state index >= 15 is 0 Å². The van der Waals surface area contributed by atoms with E-state index in [1.165, 1.54) is 24.8 Å². The van der Waals surface area contributed by atoms with Crippen molar-refractivity contribution in [3.8, 4) is 0 Å². The first-order valence-corrected chi connectivity index (χ1v) is 13.6. The number of aryl methyl sites for hydroxylation is 2. The molecule has 0 unspecified atom stereocenters. The van der Waals surface area contributed by atoms with E-state index in [1.807, 2.05) is 26.0 Å². The monoisotopic (exact) mass is 491 g/mol. The van der Waals surface area contributed by atoms with Crippen molar-refractivity contribution >= 4 is 21.6 Å². The smallest absolute Gasteiger partial charge is 0.261 e. The topological polar surface area (TPSA) is 78.5 Å². The van der Waals surface area contributed by atoms with E-state index < -0.39 is 10.0 Å². The van der Waals surface area contributed by atoms with Crippen molar-refractivity contribution in [1.82, 2.24) is 10.2 Å². The van der Waals surface area contributed by atoms with Crippen molar-refractivity contribution in [3.05, 3.63) is 94.5 Å². The van der Waals surface area contributed by atoms with Gasteiger partial charge in [-0.15, -0.1) is 0 Å². The standard InChI is InChI=1S/C28H33N3O3S/c1-21-9-13-26(14-10-21)35(33,34)30-27-18-25(12-11-22(27)2)28(32)29-19-23-7-6-8-24(17-23)20-31-15-4-3-5-16-31/h6-14,17-18,30H,3-5,15-16,19-20H2,1-2H3,(H,29,32). The van der Waals surface area contributed by atoms with Gasteiger partial charge in [0, 0.05) is 18.7 Å². The Bertz CT molecular complexity index is 1280. The maximum Gasteiger partial charge on any atom is 0.261 e. The van der Waals surface area contributed by atoms with Crippen molar-refractivity contribution < 1.29 is 13.2 Å². The van der Waals surface area contributed by atoms with Crippen molar-refractivity contribution in [1.29, 1.82) is 0 Å². The fourth-order valence-corrected chi connectivity index (χ4v) is 5.41. The van der Waals surface area contributed by atoms with Crippen LogP contribution in [-0.2, 0) is 23.1 Å². The number of amides is 1. The summed E-state index contributed by atoms with van der Waals surface area (Å²) in [5.41, 5.74) is 4.81. The van der Waals surface area contributed by atoms with Gasteiger partial charge in [0.15, 0.2) is 0 Å². The van der Waals surface area contributed by atoms with Gasteiger partial charge < -0.3 is 5.32 Å². The molecule has 0 atom stereocenters. The second-order valence-electron chi connectivity index (χ2n) is 9.29. The van der Waals surface area contributed by atoms with E-state index in [-0.39, 0.29) is 10.8 Å². The molecule has 3 aromatic carbocycles. The highest BCUT2D eigenvalue weighted by atomic mass is 32.2. The molecule has 1 saturated heterocycles. The summed E-state index contributed by atoms with van der Waals surface area (Å²) in [4.78, 5) is 15.5. The normalized spacial score (nSPS) is 14.5. The van der Waals surface area contributed by atoms with Gasteiger partial charge in [0.2, 0.25) is 0 Å². The van der Waals surface area contributed by atoms with Gasteiger partial charge in [-0.25, -0.2) is 8.42 Å². The summed E-state index contributed by atoms with van der Waals surface area (Å²) in [6, 6.07) is 20.0. The van der Waals surface area contributed by atoms with Crippen molar-refractivity contribution in [2.45, 2.75) is 51.1 Å². The zero-order valence-corrected chi connectivity index (χ0v) is 21.2. The first-order chi connectivity index (χ1) is 16.8. The minimum atomic E-state index is -3.75. The van der Waals surface area contributed by atoms with Crippen LogP contribution in [0.3, 0.4) is 0 Å². The molecular formula is C28H33N3O3S. The highest BCUT2D eigenvalue weighted by Crippen LogP contribution is 2.22. The molecule has 6 nitrogen and oxygen atoms in total. The van der Waals surface area contributed by atoms with Crippen molar-refractivity contribution in [2.24, 2.45) is 0 Å². The summed E-state index contributed by atoms with van der Waals surface area (Å²) in [6.45, 7) is 7.34. The van der Waals surface area contributed by atoms with Gasteiger partial charge in [-0.2, -0.15) is 0 Å². The van der Waals surface area contributed by atoms with E-state index in [1.54, 1.807) is 42.5 Å². The van der Waals surface area contributed by atoms with Crippen molar-refractivity contribution in [3.63, 3.8) is 0 Å². The number of hydrogen-bond donors (Lipinski definition) is 2. The van der Waals surface area contributed by atoms with Crippen LogP contribution in [0.15, 0.2) is 71.6 Å². The Morgan fingerprint density at radius 2 is 1.60 bits per heavy atom. The fourth-order valence-electron chi connectivity index (χ4n) is 4.29. The van der Waals surface area contributed by atoms with Gasteiger partial charge >= 0.3 is 0 Å². The summed E-state index contributed by atoms with van der Waals surface area (Å²) < 4.78 is 28.3. The summed E-state index contributed by atoms with van der Waals surface area (Å²) in [5.74, 6) is -0.248. The van der Waals surface area contributed by atoms with Crippen LogP contribution in [0.1, 0.15) is 51.9 Å². The number of rotatable bonds is 8. The van der Waals surface area contributed by atoms with Gasteiger partial charge in [0.1, 0.15) is 0 Å². The lowest BCUT2D eigenvalue weighted by Crippen LogP contribution is -2.29. The molecule has 1 aliphatic heterocycles. The van der Waals surface area contributed by atoms with Gasteiger partial charge in [-0.05, 0) is 80.7 Å². The molecule has 1 fully saturated rings. The van der Waals surface area contributed by atoms with Crippen LogP contribution in [-0.4, -0.2) is 32.3 Å². The number of carbonyl (C=O) groups excluding carboxylic acids is 1. The molecule has 35 heavy (non-hydrogen) atoms. The molecule has 7 heteroatoms. The molecule has 1 heterocycles. The number of nitrogens with one attached hydrogen (secondary N) is 2. The number of nitrogens with zero attached hydrogens (tertiary/aromatic N) is 1. The van der Waals surface area contributed by atoms with Crippen molar-refractivity contribution in [2.75, 3.05) is 17.8 Å². The lowest BCUT2D eigenvalue weighted by molar-refractivity contribution is 0.0951. The maximum absolute atomic E-state index is 12.9. The fraction of sp³-hybridized carbons (Fsp3) is 0.321. The number of sulfonamides is 1. The molecule has 0 aromatic heterocycles. The quantitative estimate of drug-likeness (QED) is 0.464. The summed E-state index contributed by atoms with van der Waals surface area (Å²) in [6.07, 6.45) is 3.83. The molecule has 4 rings (SSSR count). The Balaban J connectivity index is 1.41. The van der Waals surface area contributed by atoms with Crippen LogP contribution in [0, 0.1) is 13.8 Å². The second kappa shape index (κ2) is 11.1. The Hall–Kier alpha value is -3.16. The number of anilines is 1. The molecule has 1 amide bonds. The van der Waals surface area contributed by atoms with E-state index in [9.17, 15) is 13.2 Å². The van der Waals surface area contributed by atoms with E-state index in [2.05, 4.69) is 27.1 Å². The number of likely N-dealkylation sites (tertiary alicyclic amines) is 1. The molecule has 0 spiro atoms. The average Bonchev–Trinajstić information content (AvgIpc) is 2.85. The largest absolute Gasteiger partial charge is 0.348 e. The molecule has 2 N–H and O–H groups in total. The van der Waals surface area contributed by atoms with E-state index in [4.69, 9.17) is 0 Å². The first kappa shape index (κ1) is 24.9. The number of benzene rings is 3. The Morgan fingerprint density at radius 1 is 0.886 bits per heavy atom. The van der Waals surface area contributed by atoms with E-state index in [0.29, 0.717) is 17.8 Å². The van der Waals surface area contributed by atoms with Crippen LogP contribution in [0.25, 0.3) is 0 Å². The van der Waals surface area contributed by atoms with Gasteiger partial charge in [0.05, 0.1) is 10.6 Å². The van der Waals surface area contributed by atoms with Gasteiger partial charge in [-0.3, -0.25) is 14.4 Å². The molecule has 0 saturated carbocycles. The zero-order valence-electron chi connectivity index (χ0n) is 20.4. The third kappa shape index (κ3) is 6.71. The average molecular weight is 492 g/mol. The van der Waals surface area contributed by atoms with Crippen LogP contribution < -0.4 is 10.0 Å². The Morgan fingerprint density at radius 3 is 2.34 bits per heavy atom. The third-order valence-corrected chi connectivity index (χ3v) is 7.76. The predicted molar refractivity (Wildman–Crippen MR) is 140 cm³/mol. The highest BCUT2D eigenvalue weighted by Gasteiger charge is 2.17. The van der Waals surface area contributed by atoms with Crippen LogP contribution in [0.2, 0.25) is 0 Å². The molecular weight excluding hydrogens is 458 g/mol. The molecule has 3 aromatic rings. The van der Waals surface area contributed by atoms with Crippen LogP contribution in [0.4, 0.5) is 5.69 Å². The second-order valence-corrected chi connectivity index (χ2v) is 11.0. The molecule has 1 aliphatic rings. The number of piperidine rings is 1. The molecule has 0 radical (unpaired) electrons. The Labute approximate surface area is 208 Å². The molecule has 184 valence electrons. The zero-order chi connectivity index (χ0) is 24.8. The van der Waals surface area contributed by atoms with Gasteiger partial charge in [-0.1, -0.05) is 54.4 Å². The summed E-state index contributed by atoms with van der Waals surface area (Å²) in [7, 11) is -3.75. The lowest BCUT2D eigenvalue weighted by Gasteiger charge is -2.26. The maximum atomic E-state index is 12.9. The van der Waals surface area contributed by atoms with Crippen LogP contribution >= 0.6 is 0 Å². The highest BCUT2D eigenvalue weighted by molar-refractivity contribution is 7.92. The minimum Gasteiger partial charge on any atom is -0.348 e. The number of hydrogen-bond acceptors (Lipinski definition) is 4. The predicted octanol–water partition coefficient (Wildman–Crippen LogP) is 5.02. The molecule has 0 aliphatic carbocycles. The molecule has 0 bridgehead atoms. The first-order valence-electron chi connectivity index (χ1n) is 12.1. The number of carbonyl (C=O) groups is 1. The summed E-state index contributed by atoms with van der Waals surface area (Å²) >= 11 is 0. The van der Waals surface area contributed by atoms with Crippen LogP contribution in [0.5, 0.6) is 0 Å².